The lowest BCUT2D eigenvalue weighted by molar-refractivity contribution is 0.151. The van der Waals surface area contributed by atoms with Crippen LogP contribution in [0.15, 0.2) is 43.0 Å². The van der Waals surface area contributed by atoms with Gasteiger partial charge in [0.25, 0.3) is 6.43 Å². The number of rotatable bonds is 7. The molecule has 3 heterocycles. The smallest absolute Gasteiger partial charge is 0.416 e. The lowest BCUT2D eigenvalue weighted by Gasteiger charge is -2.19. The number of amides is 1. The molecule has 2 aromatic heterocycles. The summed E-state index contributed by atoms with van der Waals surface area (Å²) in [7, 11) is 0. The molecule has 0 bridgehead atoms. The predicted molar refractivity (Wildman–Crippen MR) is 106 cm³/mol. The fraction of sp³-hybridized carbons (Fsp3) is 0.300. The van der Waals surface area contributed by atoms with Crippen LogP contribution in [0.25, 0.3) is 5.69 Å². The Hall–Kier alpha value is -3.70. The van der Waals surface area contributed by atoms with Crippen molar-refractivity contribution in [3.63, 3.8) is 0 Å². The number of nitrogens with zero attached hydrogens (tertiary/aromatic N) is 5. The molecule has 4 rings (SSSR count). The summed E-state index contributed by atoms with van der Waals surface area (Å²) in [6.45, 7) is 0.644. The topological polar surface area (TPSA) is 85.2 Å². The van der Waals surface area contributed by atoms with Gasteiger partial charge in [-0.1, -0.05) is 12.1 Å². The first-order valence-electron chi connectivity index (χ1n) is 9.60. The van der Waals surface area contributed by atoms with Gasteiger partial charge in [-0.15, -0.1) is 0 Å². The standard InChI is InChI=1S/C20H18F4N6O2/c1-11(16-8-29(10-26-16)13-4-2-12(3-5-13)17(23)24)27-19-25-7-15(22)18(28-19)30-14(6-21)9-32-20(30)31/h2-5,7-8,10-11,14,17H,6,9H2,1H3,(H,25,27,28)/t11-,14-/m0/s1. The first kappa shape index (κ1) is 21.5. The van der Waals surface area contributed by atoms with Crippen LogP contribution >= 0.6 is 0 Å². The number of cyclic esters (lactones) is 1. The molecule has 1 fully saturated rings. The molecule has 1 aromatic carbocycles. The van der Waals surface area contributed by atoms with Crippen LogP contribution in [-0.4, -0.2) is 44.9 Å². The van der Waals surface area contributed by atoms with E-state index in [1.165, 1.54) is 18.5 Å². The number of alkyl halides is 3. The van der Waals surface area contributed by atoms with Crippen LogP contribution in [0.1, 0.15) is 30.6 Å². The van der Waals surface area contributed by atoms with Gasteiger partial charge in [0, 0.05) is 17.4 Å². The second kappa shape index (κ2) is 8.81. The highest BCUT2D eigenvalue weighted by molar-refractivity contribution is 5.89. The summed E-state index contributed by atoms with van der Waals surface area (Å²) in [6.07, 6.45) is 0.655. The van der Waals surface area contributed by atoms with E-state index in [4.69, 9.17) is 4.74 Å². The Kier molecular flexibility index (Phi) is 5.93. The highest BCUT2D eigenvalue weighted by Crippen LogP contribution is 2.26. The molecule has 0 radical (unpaired) electrons. The van der Waals surface area contributed by atoms with E-state index >= 15 is 0 Å². The molecule has 1 aliphatic rings. The van der Waals surface area contributed by atoms with Crippen LogP contribution in [-0.2, 0) is 4.74 Å². The molecule has 0 unspecified atom stereocenters. The quantitative estimate of drug-likeness (QED) is 0.543. The number of ether oxygens (including phenoxy) is 1. The van der Waals surface area contributed by atoms with Gasteiger partial charge in [0.1, 0.15) is 19.3 Å². The summed E-state index contributed by atoms with van der Waals surface area (Å²) in [5.41, 5.74) is 1.13. The number of anilines is 2. The van der Waals surface area contributed by atoms with E-state index < -0.39 is 37.1 Å². The number of benzene rings is 1. The second-order valence-electron chi connectivity index (χ2n) is 7.08. The van der Waals surface area contributed by atoms with Gasteiger partial charge >= 0.3 is 6.09 Å². The van der Waals surface area contributed by atoms with Crippen molar-refractivity contribution in [2.45, 2.75) is 25.4 Å². The molecule has 0 spiro atoms. The summed E-state index contributed by atoms with van der Waals surface area (Å²) in [5.74, 6) is -1.27. The van der Waals surface area contributed by atoms with E-state index in [2.05, 4.69) is 20.3 Å². The largest absolute Gasteiger partial charge is 0.447 e. The highest BCUT2D eigenvalue weighted by Gasteiger charge is 2.37. The number of carbonyl (C=O) groups excluding carboxylic acids is 1. The first-order valence-corrected chi connectivity index (χ1v) is 9.60. The Bertz CT molecular complexity index is 1110. The molecule has 1 amide bonds. The maximum Gasteiger partial charge on any atom is 0.416 e. The number of aromatic nitrogens is 4. The summed E-state index contributed by atoms with van der Waals surface area (Å²) >= 11 is 0. The summed E-state index contributed by atoms with van der Waals surface area (Å²) in [6, 6.07) is 4.38. The number of nitrogens with one attached hydrogen (secondary N) is 1. The molecule has 32 heavy (non-hydrogen) atoms. The average molecular weight is 450 g/mol. The third-order valence-electron chi connectivity index (χ3n) is 4.93. The Balaban J connectivity index is 1.51. The minimum Gasteiger partial charge on any atom is -0.447 e. The molecular weight excluding hydrogens is 432 g/mol. The van der Waals surface area contributed by atoms with Gasteiger partial charge in [-0.2, -0.15) is 4.98 Å². The molecule has 2 atom stereocenters. The van der Waals surface area contributed by atoms with Gasteiger partial charge in [0.2, 0.25) is 5.95 Å². The first-order chi connectivity index (χ1) is 15.4. The summed E-state index contributed by atoms with van der Waals surface area (Å²) < 4.78 is 59.3. The van der Waals surface area contributed by atoms with Crippen molar-refractivity contribution >= 4 is 17.9 Å². The maximum absolute atomic E-state index is 14.2. The SMILES string of the molecule is C[C@H](Nc1ncc(F)c(N2C(=O)OC[C@@H]2CF)n1)c1cn(-c2ccc(C(F)F)cc2)cn1. The van der Waals surface area contributed by atoms with E-state index in [1.54, 1.807) is 29.8 Å². The van der Waals surface area contributed by atoms with Crippen LogP contribution in [0.3, 0.4) is 0 Å². The molecule has 168 valence electrons. The summed E-state index contributed by atoms with van der Waals surface area (Å²) in [5, 5.41) is 2.95. The van der Waals surface area contributed by atoms with Crippen molar-refractivity contribution in [1.82, 2.24) is 19.5 Å². The zero-order valence-electron chi connectivity index (χ0n) is 16.8. The average Bonchev–Trinajstić information content (AvgIpc) is 3.42. The van der Waals surface area contributed by atoms with Gasteiger partial charge in [-0.25, -0.2) is 37.2 Å². The van der Waals surface area contributed by atoms with Crippen LogP contribution in [0.2, 0.25) is 0 Å². The predicted octanol–water partition coefficient (Wildman–Crippen LogP) is 4.21. The second-order valence-corrected chi connectivity index (χ2v) is 7.08. The Labute approximate surface area is 179 Å². The van der Waals surface area contributed by atoms with Crippen molar-refractivity contribution in [2.75, 3.05) is 23.5 Å². The molecule has 8 nitrogen and oxygen atoms in total. The maximum atomic E-state index is 14.2. The molecule has 12 heteroatoms. The lowest BCUT2D eigenvalue weighted by atomic mass is 10.2. The monoisotopic (exact) mass is 450 g/mol. The van der Waals surface area contributed by atoms with Gasteiger partial charge in [-0.05, 0) is 19.1 Å². The molecule has 3 aromatic rings. The van der Waals surface area contributed by atoms with E-state index in [0.29, 0.717) is 11.4 Å². The van der Waals surface area contributed by atoms with E-state index in [1.807, 2.05) is 0 Å². The van der Waals surface area contributed by atoms with E-state index in [9.17, 15) is 22.4 Å². The molecule has 0 aliphatic carbocycles. The minimum atomic E-state index is -2.55. The van der Waals surface area contributed by atoms with Crippen molar-refractivity contribution in [2.24, 2.45) is 0 Å². The Morgan fingerprint density at radius 2 is 2.00 bits per heavy atom. The number of imidazole rings is 1. The molecule has 1 saturated heterocycles. The number of hydrogen-bond donors (Lipinski definition) is 1. The summed E-state index contributed by atoms with van der Waals surface area (Å²) in [4.78, 5) is 24.9. The van der Waals surface area contributed by atoms with Crippen LogP contribution in [0, 0.1) is 5.82 Å². The van der Waals surface area contributed by atoms with Gasteiger partial charge in [-0.3, -0.25) is 0 Å². The van der Waals surface area contributed by atoms with Crippen molar-refractivity contribution in [1.29, 1.82) is 0 Å². The minimum absolute atomic E-state index is 0.00189. The van der Waals surface area contributed by atoms with Gasteiger partial charge in [0.05, 0.1) is 24.3 Å². The zero-order valence-corrected chi connectivity index (χ0v) is 16.8. The van der Waals surface area contributed by atoms with Crippen LogP contribution in [0.5, 0.6) is 0 Å². The lowest BCUT2D eigenvalue weighted by Crippen LogP contribution is -2.36. The number of hydrogen-bond acceptors (Lipinski definition) is 6. The fourth-order valence-electron chi connectivity index (χ4n) is 3.19. The fourth-order valence-corrected chi connectivity index (χ4v) is 3.19. The van der Waals surface area contributed by atoms with Crippen molar-refractivity contribution in [3.05, 3.63) is 60.1 Å². The molecular formula is C20H18F4N6O2. The third kappa shape index (κ3) is 4.20. The van der Waals surface area contributed by atoms with E-state index in [0.717, 1.165) is 11.1 Å². The Morgan fingerprint density at radius 1 is 1.25 bits per heavy atom. The van der Waals surface area contributed by atoms with Crippen molar-refractivity contribution in [3.8, 4) is 5.69 Å². The van der Waals surface area contributed by atoms with E-state index in [-0.39, 0.29) is 23.9 Å². The third-order valence-corrected chi connectivity index (χ3v) is 4.93. The normalized spacial score (nSPS) is 17.0. The highest BCUT2D eigenvalue weighted by atomic mass is 19.3. The van der Waals surface area contributed by atoms with Crippen molar-refractivity contribution < 1.29 is 27.1 Å². The number of carbonyl (C=O) groups is 1. The molecule has 1 aliphatic heterocycles. The molecule has 0 saturated carbocycles. The zero-order chi connectivity index (χ0) is 22.8. The van der Waals surface area contributed by atoms with Gasteiger partial charge < -0.3 is 14.6 Å². The Morgan fingerprint density at radius 3 is 2.69 bits per heavy atom. The van der Waals surface area contributed by atoms with Crippen LogP contribution < -0.4 is 10.2 Å². The molecule has 1 N–H and O–H groups in total. The van der Waals surface area contributed by atoms with Crippen LogP contribution in [0.4, 0.5) is 34.1 Å². The van der Waals surface area contributed by atoms with Gasteiger partial charge in [0.15, 0.2) is 11.6 Å². The number of halogens is 4.